The smallest absolute Gasteiger partial charge is 0.196 e. The van der Waals surface area contributed by atoms with E-state index in [1.165, 1.54) is 7.11 Å². The first-order chi connectivity index (χ1) is 7.97. The molecule has 3 heteroatoms. The Morgan fingerprint density at radius 3 is 2.24 bits per heavy atom. The summed E-state index contributed by atoms with van der Waals surface area (Å²) in [5.41, 5.74) is 0.615. The molecule has 0 fully saturated rings. The number of methoxy groups -OCH3 is 1. The highest BCUT2D eigenvalue weighted by atomic mass is 19.2. The first-order valence-corrected chi connectivity index (χ1v) is 6.28. The minimum absolute atomic E-state index is 0.113. The highest BCUT2D eigenvalue weighted by Gasteiger charge is 2.26. The van der Waals surface area contributed by atoms with E-state index >= 15 is 0 Å². The summed E-state index contributed by atoms with van der Waals surface area (Å²) in [7, 11) is 1.38. The lowest BCUT2D eigenvalue weighted by Crippen LogP contribution is -2.10. The zero-order valence-electron chi connectivity index (χ0n) is 11.1. The molecule has 0 saturated carbocycles. The molecule has 17 heavy (non-hydrogen) atoms. The summed E-state index contributed by atoms with van der Waals surface area (Å²) in [5.74, 6) is -0.641. The van der Waals surface area contributed by atoms with E-state index in [1.54, 1.807) is 0 Å². The number of hydrogen-bond acceptors (Lipinski definition) is 1. The molecular formula is C14H22F2O. The van der Waals surface area contributed by atoms with Gasteiger partial charge in [-0.3, -0.25) is 0 Å². The van der Waals surface area contributed by atoms with E-state index in [1.807, 2.05) is 6.92 Å². The van der Waals surface area contributed by atoms with Gasteiger partial charge in [0.05, 0.1) is 7.11 Å². The van der Waals surface area contributed by atoms with Gasteiger partial charge in [-0.1, -0.05) is 27.2 Å². The lowest BCUT2D eigenvalue weighted by molar-refractivity contribution is 0.251. The van der Waals surface area contributed by atoms with Gasteiger partial charge >= 0.3 is 0 Å². The van der Waals surface area contributed by atoms with Gasteiger partial charge in [0.25, 0.3) is 0 Å². The van der Waals surface area contributed by atoms with E-state index in [9.17, 15) is 8.78 Å². The molecule has 0 N–H and O–H groups in total. The Kier molecular flexibility index (Phi) is 5.16. The second kappa shape index (κ2) is 6.18. The molecule has 1 aliphatic carbocycles. The molecule has 1 rings (SSSR count). The molecule has 0 bridgehead atoms. The predicted molar refractivity (Wildman–Crippen MR) is 65.7 cm³/mol. The van der Waals surface area contributed by atoms with E-state index in [0.717, 1.165) is 12.8 Å². The first kappa shape index (κ1) is 14.2. The van der Waals surface area contributed by atoms with E-state index in [2.05, 4.69) is 13.8 Å². The van der Waals surface area contributed by atoms with E-state index < -0.39 is 11.7 Å². The second-order valence-corrected chi connectivity index (χ2v) is 5.15. The molecule has 1 nitrogen and oxygen atoms in total. The van der Waals surface area contributed by atoms with Crippen molar-refractivity contribution < 1.29 is 13.5 Å². The molecule has 0 radical (unpaired) electrons. The minimum atomic E-state index is -0.801. The van der Waals surface area contributed by atoms with E-state index in [4.69, 9.17) is 4.74 Å². The summed E-state index contributed by atoms with van der Waals surface area (Å²) in [4.78, 5) is 0. The Balaban J connectivity index is 2.77. The fourth-order valence-corrected chi connectivity index (χ4v) is 2.14. The zero-order valence-corrected chi connectivity index (χ0v) is 11.1. The number of rotatable bonds is 5. The van der Waals surface area contributed by atoms with Crippen LogP contribution in [0.1, 0.15) is 46.5 Å². The number of halogens is 2. The van der Waals surface area contributed by atoms with Gasteiger partial charge in [-0.05, 0) is 30.3 Å². The predicted octanol–water partition coefficient (Wildman–Crippen LogP) is 4.90. The number of ether oxygens (including phenoxy) is 1. The fourth-order valence-electron chi connectivity index (χ4n) is 2.14. The van der Waals surface area contributed by atoms with Crippen molar-refractivity contribution in [3.8, 4) is 0 Å². The highest BCUT2D eigenvalue weighted by Crippen LogP contribution is 2.37. The van der Waals surface area contributed by atoms with Crippen molar-refractivity contribution in [1.82, 2.24) is 0 Å². The molecule has 0 aromatic carbocycles. The van der Waals surface area contributed by atoms with Crippen molar-refractivity contribution in [3.05, 3.63) is 23.0 Å². The molecule has 0 heterocycles. The van der Waals surface area contributed by atoms with Gasteiger partial charge in [-0.15, -0.1) is 0 Å². The standard InChI is InChI=1S/C14H22F2O/c1-9(2)5-6-10(3)11-7-8-12(17-4)14(16)13(11)15/h9-10H,5-8H2,1-4H3. The Morgan fingerprint density at radius 1 is 1.06 bits per heavy atom. The third kappa shape index (κ3) is 3.55. The third-order valence-electron chi connectivity index (χ3n) is 3.36. The van der Waals surface area contributed by atoms with Gasteiger partial charge in [-0.25, -0.2) is 8.78 Å². The monoisotopic (exact) mass is 244 g/mol. The van der Waals surface area contributed by atoms with Crippen molar-refractivity contribution in [3.63, 3.8) is 0 Å². The lowest BCUT2D eigenvalue weighted by Gasteiger charge is -2.22. The van der Waals surface area contributed by atoms with Crippen LogP contribution < -0.4 is 0 Å². The average molecular weight is 244 g/mol. The summed E-state index contributed by atoms with van der Waals surface area (Å²) >= 11 is 0. The van der Waals surface area contributed by atoms with Gasteiger partial charge in [0, 0.05) is 6.42 Å². The molecule has 0 aliphatic heterocycles. The van der Waals surface area contributed by atoms with Crippen LogP contribution >= 0.6 is 0 Å². The minimum Gasteiger partial charge on any atom is -0.498 e. The van der Waals surface area contributed by atoms with Crippen LogP contribution in [0.5, 0.6) is 0 Å². The molecule has 1 unspecified atom stereocenters. The van der Waals surface area contributed by atoms with E-state index in [-0.39, 0.29) is 11.7 Å². The normalized spacial score (nSPS) is 19.0. The molecule has 0 aromatic heterocycles. The third-order valence-corrected chi connectivity index (χ3v) is 3.36. The van der Waals surface area contributed by atoms with Crippen LogP contribution in [-0.4, -0.2) is 7.11 Å². The number of hydrogen-bond donors (Lipinski definition) is 0. The maximum Gasteiger partial charge on any atom is 0.196 e. The van der Waals surface area contributed by atoms with Gasteiger partial charge in [0.1, 0.15) is 5.76 Å². The topological polar surface area (TPSA) is 9.23 Å². The van der Waals surface area contributed by atoms with Crippen molar-refractivity contribution >= 4 is 0 Å². The van der Waals surface area contributed by atoms with E-state index in [0.29, 0.717) is 24.3 Å². The molecule has 0 saturated heterocycles. The van der Waals surface area contributed by atoms with Gasteiger partial charge in [-0.2, -0.15) is 0 Å². The summed E-state index contributed by atoms with van der Waals surface area (Å²) in [6.07, 6.45) is 3.00. The summed E-state index contributed by atoms with van der Waals surface area (Å²) in [5, 5.41) is 0. The summed E-state index contributed by atoms with van der Waals surface area (Å²) in [6, 6.07) is 0. The van der Waals surface area contributed by atoms with Crippen LogP contribution in [0.2, 0.25) is 0 Å². The largest absolute Gasteiger partial charge is 0.498 e. The molecule has 0 aromatic rings. The van der Waals surface area contributed by atoms with Crippen LogP contribution in [0.3, 0.4) is 0 Å². The molecule has 0 amide bonds. The fraction of sp³-hybridized carbons (Fsp3) is 0.714. The Hall–Kier alpha value is -0.860. The Labute approximate surface area is 103 Å². The van der Waals surface area contributed by atoms with Crippen LogP contribution in [0.25, 0.3) is 0 Å². The van der Waals surface area contributed by atoms with Crippen molar-refractivity contribution in [2.75, 3.05) is 7.11 Å². The van der Waals surface area contributed by atoms with Crippen LogP contribution in [0.4, 0.5) is 8.78 Å². The van der Waals surface area contributed by atoms with Gasteiger partial charge in [0.2, 0.25) is 0 Å². The van der Waals surface area contributed by atoms with Crippen LogP contribution in [0.15, 0.2) is 23.0 Å². The molecule has 0 spiro atoms. The molecule has 1 atom stereocenters. The number of allylic oxidation sites excluding steroid dienone is 4. The molecule has 98 valence electrons. The maximum atomic E-state index is 13.8. The Bertz CT molecular complexity index is 329. The van der Waals surface area contributed by atoms with Crippen LogP contribution in [-0.2, 0) is 4.74 Å². The SMILES string of the molecule is COC1=C(F)C(F)=C(C(C)CCC(C)C)CC1. The quantitative estimate of drug-likeness (QED) is 0.668. The van der Waals surface area contributed by atoms with Crippen molar-refractivity contribution in [2.45, 2.75) is 46.5 Å². The summed E-state index contributed by atoms with van der Waals surface area (Å²) < 4.78 is 32.2. The second-order valence-electron chi connectivity index (χ2n) is 5.15. The Morgan fingerprint density at radius 2 is 1.71 bits per heavy atom. The molecule has 1 aliphatic rings. The lowest BCUT2D eigenvalue weighted by atomic mass is 9.87. The first-order valence-electron chi connectivity index (χ1n) is 6.28. The van der Waals surface area contributed by atoms with Crippen molar-refractivity contribution in [1.29, 1.82) is 0 Å². The maximum absolute atomic E-state index is 13.8. The average Bonchev–Trinajstić information content (AvgIpc) is 2.29. The van der Waals surface area contributed by atoms with Crippen molar-refractivity contribution in [2.24, 2.45) is 11.8 Å². The molecular weight excluding hydrogens is 222 g/mol. The highest BCUT2D eigenvalue weighted by molar-refractivity contribution is 5.33. The zero-order chi connectivity index (χ0) is 13.0. The van der Waals surface area contributed by atoms with Gasteiger partial charge in [0.15, 0.2) is 11.7 Å². The summed E-state index contributed by atoms with van der Waals surface area (Å²) in [6.45, 7) is 6.26. The van der Waals surface area contributed by atoms with Gasteiger partial charge < -0.3 is 4.74 Å². The van der Waals surface area contributed by atoms with Crippen LogP contribution in [0, 0.1) is 11.8 Å².